The molecule has 2 aromatic carbocycles. The molecule has 2 amide bonds. The van der Waals surface area contributed by atoms with Crippen molar-refractivity contribution in [3.63, 3.8) is 0 Å². The molecule has 4 rings (SSSR count). The maximum absolute atomic E-state index is 13.2. The van der Waals surface area contributed by atoms with Crippen LogP contribution in [0.5, 0.6) is 11.5 Å². The van der Waals surface area contributed by atoms with Crippen molar-refractivity contribution < 1.29 is 19.1 Å². The zero-order valence-corrected chi connectivity index (χ0v) is 19.5. The zero-order valence-electron chi connectivity index (χ0n) is 19.5. The first-order valence-electron chi connectivity index (χ1n) is 11.2. The van der Waals surface area contributed by atoms with E-state index in [0.717, 1.165) is 17.1 Å². The van der Waals surface area contributed by atoms with Crippen LogP contribution in [-0.4, -0.2) is 36.6 Å². The molecule has 0 saturated heterocycles. The molecular formula is C26H28N4O4. The second kappa shape index (κ2) is 9.82. The van der Waals surface area contributed by atoms with Gasteiger partial charge in [-0.1, -0.05) is 26.0 Å². The molecular weight excluding hydrogens is 432 g/mol. The molecule has 3 aromatic rings. The van der Waals surface area contributed by atoms with Crippen LogP contribution in [0.4, 0.5) is 17.2 Å². The van der Waals surface area contributed by atoms with Gasteiger partial charge in [0.1, 0.15) is 18.2 Å². The van der Waals surface area contributed by atoms with Crippen LogP contribution in [0.25, 0.3) is 0 Å². The van der Waals surface area contributed by atoms with Crippen LogP contribution in [0.2, 0.25) is 0 Å². The van der Waals surface area contributed by atoms with E-state index >= 15 is 0 Å². The Kier molecular flexibility index (Phi) is 6.67. The van der Waals surface area contributed by atoms with Gasteiger partial charge in [0.15, 0.2) is 5.75 Å². The second-order valence-corrected chi connectivity index (χ2v) is 8.58. The predicted octanol–water partition coefficient (Wildman–Crippen LogP) is 4.31. The van der Waals surface area contributed by atoms with E-state index in [1.54, 1.807) is 24.3 Å². The number of aromatic nitrogens is 1. The van der Waals surface area contributed by atoms with Crippen molar-refractivity contribution in [2.45, 2.75) is 20.8 Å². The maximum atomic E-state index is 13.2. The molecule has 34 heavy (non-hydrogen) atoms. The molecule has 0 atom stereocenters. The van der Waals surface area contributed by atoms with Crippen LogP contribution >= 0.6 is 0 Å². The van der Waals surface area contributed by atoms with E-state index in [1.807, 2.05) is 50.1 Å². The van der Waals surface area contributed by atoms with Crippen molar-refractivity contribution >= 4 is 29.0 Å². The summed E-state index contributed by atoms with van der Waals surface area (Å²) in [7, 11) is 0. The Balaban J connectivity index is 1.60. The Labute approximate surface area is 198 Å². The number of amides is 2. The molecule has 1 aromatic heterocycles. The lowest BCUT2D eigenvalue weighted by atomic mass is 10.1. The van der Waals surface area contributed by atoms with Gasteiger partial charge in [0, 0.05) is 11.9 Å². The molecule has 0 saturated carbocycles. The summed E-state index contributed by atoms with van der Waals surface area (Å²) in [5.41, 5.74) is 8.40. The summed E-state index contributed by atoms with van der Waals surface area (Å²) < 4.78 is 11.6. The predicted molar refractivity (Wildman–Crippen MR) is 131 cm³/mol. The van der Waals surface area contributed by atoms with Crippen molar-refractivity contribution in [1.82, 2.24) is 4.98 Å². The molecule has 1 aliphatic heterocycles. The van der Waals surface area contributed by atoms with Crippen LogP contribution in [-0.2, 0) is 0 Å². The van der Waals surface area contributed by atoms with Crippen LogP contribution < -0.4 is 25.4 Å². The largest absolute Gasteiger partial charge is 0.492 e. The third kappa shape index (κ3) is 4.96. The molecule has 0 bridgehead atoms. The van der Waals surface area contributed by atoms with E-state index in [0.29, 0.717) is 48.4 Å². The van der Waals surface area contributed by atoms with Crippen LogP contribution in [0.1, 0.15) is 40.1 Å². The molecule has 2 heterocycles. The zero-order chi connectivity index (χ0) is 24.2. The Bertz CT molecular complexity index is 1210. The normalized spacial score (nSPS) is 12.6. The number of carbonyl (C=O) groups excluding carboxylic acids is 2. The third-order valence-electron chi connectivity index (χ3n) is 5.34. The molecule has 0 unspecified atom stereocenters. The standard InChI is InChI=1S/C26H28N4O4/c1-16(2)15-34-22-9-8-18(13-20(22)25(27)31)29-26(32)19-5-4-6-21-24(19)33-12-11-30(21)23-10-7-17(3)14-28-23/h4-10,13-14,16H,11-12,15H2,1-3H3,(H2,27,31)(H,29,32). The first-order valence-corrected chi connectivity index (χ1v) is 11.2. The number of ether oxygens (including phenoxy) is 2. The van der Waals surface area contributed by atoms with Crippen molar-refractivity contribution in [1.29, 1.82) is 0 Å². The van der Waals surface area contributed by atoms with Gasteiger partial charge in [0.05, 0.1) is 30.0 Å². The number of fused-ring (bicyclic) bond motifs is 1. The molecule has 176 valence electrons. The first-order chi connectivity index (χ1) is 16.3. The number of benzene rings is 2. The van der Waals surface area contributed by atoms with E-state index < -0.39 is 5.91 Å². The molecule has 3 N–H and O–H groups in total. The number of anilines is 3. The first kappa shape index (κ1) is 23.1. The fourth-order valence-electron chi connectivity index (χ4n) is 3.67. The summed E-state index contributed by atoms with van der Waals surface area (Å²) in [6, 6.07) is 14.2. The Morgan fingerprint density at radius 2 is 2.00 bits per heavy atom. The average Bonchev–Trinajstić information content (AvgIpc) is 2.82. The highest BCUT2D eigenvalue weighted by Crippen LogP contribution is 2.38. The van der Waals surface area contributed by atoms with Crippen molar-refractivity contribution in [2.24, 2.45) is 11.7 Å². The smallest absolute Gasteiger partial charge is 0.259 e. The van der Waals surface area contributed by atoms with E-state index in [-0.39, 0.29) is 11.5 Å². The van der Waals surface area contributed by atoms with Crippen molar-refractivity contribution in [3.8, 4) is 11.5 Å². The number of hydrogen-bond donors (Lipinski definition) is 2. The molecule has 0 spiro atoms. The number of primary amides is 1. The summed E-state index contributed by atoms with van der Waals surface area (Å²) in [6.07, 6.45) is 1.81. The van der Waals surface area contributed by atoms with Gasteiger partial charge in [0.2, 0.25) is 0 Å². The van der Waals surface area contributed by atoms with Crippen molar-refractivity contribution in [2.75, 3.05) is 30.0 Å². The van der Waals surface area contributed by atoms with Gasteiger partial charge in [-0.2, -0.15) is 0 Å². The lowest BCUT2D eigenvalue weighted by molar-refractivity contribution is 0.0991. The van der Waals surface area contributed by atoms with E-state index in [4.69, 9.17) is 15.2 Å². The van der Waals surface area contributed by atoms with Gasteiger partial charge in [-0.05, 0) is 54.8 Å². The van der Waals surface area contributed by atoms with E-state index in [9.17, 15) is 9.59 Å². The number of rotatable bonds is 7. The maximum Gasteiger partial charge on any atom is 0.259 e. The number of pyridine rings is 1. The van der Waals surface area contributed by atoms with Crippen LogP contribution in [0.3, 0.4) is 0 Å². The quantitative estimate of drug-likeness (QED) is 0.544. The summed E-state index contributed by atoms with van der Waals surface area (Å²) in [4.78, 5) is 31.7. The Morgan fingerprint density at radius 1 is 1.18 bits per heavy atom. The molecule has 8 nitrogen and oxygen atoms in total. The minimum Gasteiger partial charge on any atom is -0.492 e. The van der Waals surface area contributed by atoms with E-state index in [2.05, 4.69) is 10.3 Å². The highest BCUT2D eigenvalue weighted by atomic mass is 16.5. The molecule has 0 radical (unpaired) electrons. The lowest BCUT2D eigenvalue weighted by Crippen LogP contribution is -2.30. The van der Waals surface area contributed by atoms with Gasteiger partial charge in [0.25, 0.3) is 11.8 Å². The molecule has 0 aliphatic carbocycles. The lowest BCUT2D eigenvalue weighted by Gasteiger charge is -2.31. The summed E-state index contributed by atoms with van der Waals surface area (Å²) >= 11 is 0. The van der Waals surface area contributed by atoms with Gasteiger partial charge < -0.3 is 25.4 Å². The minimum absolute atomic E-state index is 0.210. The van der Waals surface area contributed by atoms with Gasteiger partial charge in [-0.15, -0.1) is 0 Å². The van der Waals surface area contributed by atoms with Gasteiger partial charge in [-0.25, -0.2) is 4.98 Å². The highest BCUT2D eigenvalue weighted by molar-refractivity contribution is 6.08. The summed E-state index contributed by atoms with van der Waals surface area (Å²) in [5.74, 6) is 0.967. The second-order valence-electron chi connectivity index (χ2n) is 8.58. The fraction of sp³-hybridized carbons (Fsp3) is 0.269. The molecule has 0 fully saturated rings. The van der Waals surface area contributed by atoms with E-state index in [1.165, 1.54) is 6.07 Å². The Hall–Kier alpha value is -4.07. The number of aryl methyl sites for hydroxylation is 1. The molecule has 8 heteroatoms. The molecule has 1 aliphatic rings. The number of nitrogens with zero attached hydrogens (tertiary/aromatic N) is 2. The third-order valence-corrected chi connectivity index (χ3v) is 5.34. The highest BCUT2D eigenvalue weighted by Gasteiger charge is 2.25. The number of para-hydroxylation sites is 1. The minimum atomic E-state index is -0.628. The number of nitrogens with one attached hydrogen (secondary N) is 1. The Morgan fingerprint density at radius 3 is 2.71 bits per heavy atom. The van der Waals surface area contributed by atoms with Crippen LogP contribution in [0.15, 0.2) is 54.7 Å². The number of nitrogens with two attached hydrogens (primary N) is 1. The average molecular weight is 461 g/mol. The van der Waals surface area contributed by atoms with Crippen molar-refractivity contribution in [3.05, 3.63) is 71.4 Å². The van der Waals surface area contributed by atoms with Gasteiger partial charge in [-0.3, -0.25) is 9.59 Å². The summed E-state index contributed by atoms with van der Waals surface area (Å²) in [6.45, 7) is 7.49. The van der Waals surface area contributed by atoms with Gasteiger partial charge >= 0.3 is 0 Å². The summed E-state index contributed by atoms with van der Waals surface area (Å²) in [5, 5.41) is 2.84. The fourth-order valence-corrected chi connectivity index (χ4v) is 3.67. The number of hydrogen-bond acceptors (Lipinski definition) is 6. The topological polar surface area (TPSA) is 107 Å². The SMILES string of the molecule is Cc1ccc(N2CCOc3c(C(=O)Nc4ccc(OCC(C)C)c(C(N)=O)c4)cccc32)nc1. The number of carbonyl (C=O) groups is 2. The van der Waals surface area contributed by atoms with Crippen LogP contribution in [0, 0.1) is 12.8 Å². The monoisotopic (exact) mass is 460 g/mol.